The Morgan fingerprint density at radius 1 is 1.23 bits per heavy atom. The van der Waals surface area contributed by atoms with Crippen LogP contribution in [0, 0.1) is 5.92 Å². The molecule has 2 aromatic carbocycles. The van der Waals surface area contributed by atoms with Crippen LogP contribution in [0.2, 0.25) is 5.02 Å². The summed E-state index contributed by atoms with van der Waals surface area (Å²) >= 11 is 5.99. The van der Waals surface area contributed by atoms with Crippen LogP contribution in [0.5, 0.6) is 5.75 Å². The van der Waals surface area contributed by atoms with Gasteiger partial charge in [0.05, 0.1) is 7.11 Å². The van der Waals surface area contributed by atoms with Gasteiger partial charge in [0, 0.05) is 36.1 Å². The maximum Gasteiger partial charge on any atom is 0.324 e. The monoisotopic (exact) mass is 426 g/mol. The molecular weight excluding hydrogens is 404 g/mol. The van der Waals surface area contributed by atoms with Crippen molar-refractivity contribution in [3.8, 4) is 17.1 Å². The van der Waals surface area contributed by atoms with Gasteiger partial charge in [-0.15, -0.1) is 0 Å². The molecule has 4 rings (SSSR count). The van der Waals surface area contributed by atoms with Gasteiger partial charge >= 0.3 is 6.01 Å². The van der Waals surface area contributed by atoms with E-state index in [1.54, 1.807) is 7.11 Å². The number of ether oxygens (including phenoxy) is 1. The van der Waals surface area contributed by atoms with E-state index in [1.165, 1.54) is 0 Å². The van der Waals surface area contributed by atoms with Crippen molar-refractivity contribution < 1.29 is 14.1 Å². The molecule has 0 aliphatic carbocycles. The maximum atomic E-state index is 12.5. The number of nitrogens with one attached hydrogen (secondary N) is 1. The molecule has 1 aliphatic heterocycles. The lowest BCUT2D eigenvalue weighted by molar-refractivity contribution is -0.125. The normalized spacial score (nSPS) is 14.5. The van der Waals surface area contributed by atoms with Crippen LogP contribution < -0.4 is 15.0 Å². The number of carbonyl (C=O) groups is 1. The van der Waals surface area contributed by atoms with Gasteiger partial charge in [0.1, 0.15) is 5.75 Å². The molecule has 0 saturated carbocycles. The molecule has 8 heteroatoms. The fourth-order valence-corrected chi connectivity index (χ4v) is 3.73. The highest BCUT2D eigenvalue weighted by Gasteiger charge is 2.27. The van der Waals surface area contributed by atoms with Crippen LogP contribution in [-0.2, 0) is 11.3 Å². The molecule has 7 nitrogen and oxygen atoms in total. The molecule has 3 aromatic rings. The predicted molar refractivity (Wildman–Crippen MR) is 115 cm³/mol. The first-order chi connectivity index (χ1) is 14.6. The molecule has 0 unspecified atom stereocenters. The number of carbonyl (C=O) groups excluding carboxylic acids is 1. The average Bonchev–Trinajstić information content (AvgIpc) is 3.28. The lowest BCUT2D eigenvalue weighted by Gasteiger charge is -2.29. The number of hydrogen-bond donors (Lipinski definition) is 1. The van der Waals surface area contributed by atoms with E-state index in [-0.39, 0.29) is 11.8 Å². The fraction of sp³-hybridized carbons (Fsp3) is 0.318. The molecule has 0 bridgehead atoms. The third kappa shape index (κ3) is 4.74. The zero-order valence-electron chi connectivity index (χ0n) is 16.7. The third-order valence-electron chi connectivity index (χ3n) is 5.26. The Labute approximate surface area is 180 Å². The van der Waals surface area contributed by atoms with Crippen LogP contribution in [0.25, 0.3) is 11.4 Å². The van der Waals surface area contributed by atoms with Crippen LogP contribution in [0.3, 0.4) is 0 Å². The second kappa shape index (κ2) is 9.17. The van der Waals surface area contributed by atoms with E-state index < -0.39 is 0 Å². The summed E-state index contributed by atoms with van der Waals surface area (Å²) in [6.07, 6.45) is 1.48. The summed E-state index contributed by atoms with van der Waals surface area (Å²) in [5, 5.41) is 7.76. The van der Waals surface area contributed by atoms with E-state index in [9.17, 15) is 4.79 Å². The maximum absolute atomic E-state index is 12.5. The van der Waals surface area contributed by atoms with Crippen molar-refractivity contribution >= 4 is 23.5 Å². The van der Waals surface area contributed by atoms with E-state index in [2.05, 4.69) is 15.5 Å². The van der Waals surface area contributed by atoms with E-state index >= 15 is 0 Å². The number of hydrogen-bond acceptors (Lipinski definition) is 6. The minimum absolute atomic E-state index is 0.0237. The van der Waals surface area contributed by atoms with E-state index in [0.717, 1.165) is 29.7 Å². The number of anilines is 1. The Kier molecular flexibility index (Phi) is 6.18. The van der Waals surface area contributed by atoms with Gasteiger partial charge in [0.25, 0.3) is 0 Å². The van der Waals surface area contributed by atoms with E-state index in [1.807, 2.05) is 53.4 Å². The van der Waals surface area contributed by atoms with Crippen molar-refractivity contribution in [2.75, 3.05) is 25.1 Å². The number of amides is 1. The van der Waals surface area contributed by atoms with E-state index in [0.29, 0.717) is 36.5 Å². The second-order valence-electron chi connectivity index (χ2n) is 7.24. The third-order valence-corrected chi connectivity index (χ3v) is 5.49. The zero-order valence-corrected chi connectivity index (χ0v) is 17.4. The van der Waals surface area contributed by atoms with Crippen molar-refractivity contribution in [1.82, 2.24) is 15.5 Å². The van der Waals surface area contributed by atoms with Gasteiger partial charge in [0.2, 0.25) is 11.7 Å². The van der Waals surface area contributed by atoms with Crippen molar-refractivity contribution in [2.24, 2.45) is 5.92 Å². The number of methoxy groups -OCH3 is 1. The Balaban J connectivity index is 1.30. The summed E-state index contributed by atoms with van der Waals surface area (Å²) in [6.45, 7) is 1.87. The summed E-state index contributed by atoms with van der Waals surface area (Å²) in [7, 11) is 1.63. The average molecular weight is 427 g/mol. The molecule has 1 aromatic heterocycles. The molecule has 1 N–H and O–H groups in total. The second-order valence-corrected chi connectivity index (χ2v) is 7.67. The molecule has 0 spiro atoms. The molecule has 156 valence electrons. The van der Waals surface area contributed by atoms with Crippen LogP contribution in [-0.4, -0.2) is 36.2 Å². The number of aromatic nitrogens is 2. The van der Waals surface area contributed by atoms with Crippen molar-refractivity contribution in [3.05, 3.63) is 59.1 Å². The smallest absolute Gasteiger partial charge is 0.324 e. The lowest BCUT2D eigenvalue weighted by Crippen LogP contribution is -2.40. The fourth-order valence-electron chi connectivity index (χ4n) is 3.51. The highest BCUT2D eigenvalue weighted by molar-refractivity contribution is 6.30. The first kappa shape index (κ1) is 20.2. The highest BCUT2D eigenvalue weighted by atomic mass is 35.5. The number of benzene rings is 2. The summed E-state index contributed by atoms with van der Waals surface area (Å²) < 4.78 is 10.6. The minimum Gasteiger partial charge on any atom is -0.497 e. The summed E-state index contributed by atoms with van der Waals surface area (Å²) in [6, 6.07) is 15.5. The zero-order chi connectivity index (χ0) is 20.9. The van der Waals surface area contributed by atoms with Crippen molar-refractivity contribution in [1.29, 1.82) is 0 Å². The Hall–Kier alpha value is -3.06. The number of nitrogens with zero attached hydrogens (tertiary/aromatic N) is 3. The molecule has 2 heterocycles. The molecule has 30 heavy (non-hydrogen) atoms. The standard InChI is InChI=1S/C22H23ClN4O3/c1-29-19-7-5-16(6-8-19)20-25-22(30-26-20)27-11-9-17(10-12-27)21(28)24-14-15-3-2-4-18(23)13-15/h2-8,13,17H,9-12,14H2,1H3,(H,24,28). The highest BCUT2D eigenvalue weighted by Crippen LogP contribution is 2.26. The van der Waals surface area contributed by atoms with Crippen LogP contribution in [0.1, 0.15) is 18.4 Å². The van der Waals surface area contributed by atoms with Crippen molar-refractivity contribution in [2.45, 2.75) is 19.4 Å². The summed E-state index contributed by atoms with van der Waals surface area (Å²) in [5.41, 5.74) is 1.85. The number of piperidine rings is 1. The molecule has 1 fully saturated rings. The first-order valence-electron chi connectivity index (χ1n) is 9.87. The van der Waals surface area contributed by atoms with Crippen LogP contribution >= 0.6 is 11.6 Å². The Bertz CT molecular complexity index is 998. The van der Waals surface area contributed by atoms with E-state index in [4.69, 9.17) is 20.9 Å². The molecule has 0 atom stereocenters. The minimum atomic E-state index is -0.0237. The molecule has 1 amide bonds. The van der Waals surface area contributed by atoms with Crippen LogP contribution in [0.15, 0.2) is 53.1 Å². The quantitative estimate of drug-likeness (QED) is 0.643. The van der Waals surface area contributed by atoms with Gasteiger partial charge in [0.15, 0.2) is 0 Å². The van der Waals surface area contributed by atoms with Crippen molar-refractivity contribution in [3.63, 3.8) is 0 Å². The summed E-state index contributed by atoms with van der Waals surface area (Å²) in [5.74, 6) is 1.36. The van der Waals surface area contributed by atoms with Gasteiger partial charge in [-0.2, -0.15) is 4.98 Å². The molecular formula is C22H23ClN4O3. The molecule has 1 saturated heterocycles. The predicted octanol–water partition coefficient (Wildman–Crippen LogP) is 3.93. The van der Waals surface area contributed by atoms with Crippen LogP contribution in [0.4, 0.5) is 6.01 Å². The van der Waals surface area contributed by atoms with Gasteiger partial charge in [-0.05, 0) is 54.8 Å². The van der Waals surface area contributed by atoms with Gasteiger partial charge in [-0.3, -0.25) is 4.79 Å². The lowest BCUT2D eigenvalue weighted by atomic mass is 9.96. The number of halogens is 1. The Morgan fingerprint density at radius 3 is 2.70 bits per heavy atom. The van der Waals surface area contributed by atoms with Gasteiger partial charge in [-0.1, -0.05) is 28.9 Å². The largest absolute Gasteiger partial charge is 0.497 e. The van der Waals surface area contributed by atoms with Gasteiger partial charge < -0.3 is 19.5 Å². The topological polar surface area (TPSA) is 80.5 Å². The molecule has 1 aliphatic rings. The Morgan fingerprint density at radius 2 is 2.00 bits per heavy atom. The van der Waals surface area contributed by atoms with Gasteiger partial charge in [-0.25, -0.2) is 0 Å². The SMILES string of the molecule is COc1ccc(-c2noc(N3CCC(C(=O)NCc4cccc(Cl)c4)CC3)n2)cc1. The number of rotatable bonds is 6. The summed E-state index contributed by atoms with van der Waals surface area (Å²) in [4.78, 5) is 19.1. The first-order valence-corrected chi connectivity index (χ1v) is 10.3. The molecule has 0 radical (unpaired) electrons.